The first-order valence-electron chi connectivity index (χ1n) is 10.9. The third-order valence-corrected chi connectivity index (χ3v) is 6.44. The molecule has 0 spiro atoms. The predicted octanol–water partition coefficient (Wildman–Crippen LogP) is 4.30. The minimum atomic E-state index is 0.253. The maximum absolute atomic E-state index is 6.15. The Bertz CT molecular complexity index is 990. The summed E-state index contributed by atoms with van der Waals surface area (Å²) in [5, 5.41) is 0.780. The van der Waals surface area contributed by atoms with Gasteiger partial charge in [-0.1, -0.05) is 54.1 Å². The normalized spacial score (nSPS) is 17.9. The third-order valence-electron chi connectivity index (χ3n) is 6.19. The average molecular weight is 435 g/mol. The summed E-state index contributed by atoms with van der Waals surface area (Å²) in [6.07, 6.45) is 1.83. The lowest BCUT2D eigenvalue weighted by atomic mass is 9.96. The number of fused-ring (bicyclic) bond motifs is 1. The molecule has 160 valence electrons. The summed E-state index contributed by atoms with van der Waals surface area (Å²) >= 11 is 6.15. The fraction of sp³-hybridized carbons (Fsp3) is 0.320. The molecule has 2 aromatic carbocycles. The van der Waals surface area contributed by atoms with Gasteiger partial charge in [-0.15, -0.1) is 0 Å². The smallest absolute Gasteiger partial charge is 0.174 e. The van der Waals surface area contributed by atoms with Gasteiger partial charge in [-0.25, -0.2) is 4.98 Å². The van der Waals surface area contributed by atoms with Crippen molar-refractivity contribution in [3.8, 4) is 5.75 Å². The van der Waals surface area contributed by atoms with Gasteiger partial charge >= 0.3 is 0 Å². The lowest BCUT2D eigenvalue weighted by Crippen LogP contribution is -2.49. The molecular formula is C25H27ClN4O. The van der Waals surface area contributed by atoms with Gasteiger partial charge in [0.2, 0.25) is 0 Å². The van der Waals surface area contributed by atoms with Crippen molar-refractivity contribution in [2.75, 3.05) is 50.9 Å². The number of pyridine rings is 1. The molecule has 0 saturated carbocycles. The van der Waals surface area contributed by atoms with E-state index in [1.807, 2.05) is 30.5 Å². The van der Waals surface area contributed by atoms with E-state index in [9.17, 15) is 0 Å². The molecule has 1 atom stereocenters. The van der Waals surface area contributed by atoms with Crippen LogP contribution in [0.25, 0.3) is 0 Å². The zero-order chi connectivity index (χ0) is 21.0. The monoisotopic (exact) mass is 434 g/mol. The van der Waals surface area contributed by atoms with E-state index in [0.29, 0.717) is 6.73 Å². The predicted molar refractivity (Wildman–Crippen MR) is 125 cm³/mol. The number of benzene rings is 2. The van der Waals surface area contributed by atoms with Gasteiger partial charge < -0.3 is 9.64 Å². The molecule has 5 nitrogen and oxygen atoms in total. The maximum Gasteiger partial charge on any atom is 0.174 e. The molecule has 1 unspecified atom stereocenters. The minimum absolute atomic E-state index is 0.253. The molecule has 5 rings (SSSR count). The van der Waals surface area contributed by atoms with Crippen LogP contribution >= 0.6 is 11.6 Å². The first kappa shape index (κ1) is 20.3. The van der Waals surface area contributed by atoms with E-state index in [1.54, 1.807) is 0 Å². The Morgan fingerprint density at radius 3 is 2.35 bits per heavy atom. The van der Waals surface area contributed by atoms with Crippen LogP contribution in [0.2, 0.25) is 5.02 Å². The molecule has 3 heterocycles. The van der Waals surface area contributed by atoms with Gasteiger partial charge in [0, 0.05) is 50.5 Å². The Morgan fingerprint density at radius 2 is 1.58 bits per heavy atom. The quantitative estimate of drug-likeness (QED) is 0.577. The molecule has 3 aromatic rings. The van der Waals surface area contributed by atoms with Crippen LogP contribution in [0.4, 0.5) is 5.82 Å². The number of nitrogens with zero attached hydrogens (tertiary/aromatic N) is 4. The molecule has 0 aliphatic carbocycles. The number of aromatic nitrogens is 1. The zero-order valence-electron chi connectivity index (χ0n) is 17.5. The fourth-order valence-electron chi connectivity index (χ4n) is 4.51. The second-order valence-electron chi connectivity index (χ2n) is 8.10. The van der Waals surface area contributed by atoms with Crippen molar-refractivity contribution in [3.63, 3.8) is 0 Å². The van der Waals surface area contributed by atoms with Gasteiger partial charge in [0.15, 0.2) is 18.3 Å². The molecule has 1 fully saturated rings. The topological polar surface area (TPSA) is 31.8 Å². The van der Waals surface area contributed by atoms with Crippen LogP contribution in [0.5, 0.6) is 5.75 Å². The maximum atomic E-state index is 6.15. The number of ether oxygens (including phenoxy) is 1. The van der Waals surface area contributed by atoms with Gasteiger partial charge in [-0.2, -0.15) is 0 Å². The second-order valence-corrected chi connectivity index (χ2v) is 8.54. The van der Waals surface area contributed by atoms with Crippen molar-refractivity contribution in [3.05, 3.63) is 89.1 Å². The number of piperazine rings is 1. The van der Waals surface area contributed by atoms with Crippen molar-refractivity contribution in [2.24, 2.45) is 0 Å². The Morgan fingerprint density at radius 1 is 0.839 bits per heavy atom. The molecule has 2 aliphatic heterocycles. The Hall–Kier alpha value is -2.60. The molecule has 0 N–H and O–H groups in total. The van der Waals surface area contributed by atoms with Crippen LogP contribution in [0.1, 0.15) is 17.2 Å². The summed E-state index contributed by atoms with van der Waals surface area (Å²) in [6.45, 7) is 6.73. The summed E-state index contributed by atoms with van der Waals surface area (Å²) in [6, 6.07) is 23.2. The van der Waals surface area contributed by atoms with Crippen molar-refractivity contribution in [1.82, 2.24) is 14.8 Å². The molecule has 1 aromatic heterocycles. The van der Waals surface area contributed by atoms with Crippen LogP contribution in [-0.4, -0.2) is 60.8 Å². The van der Waals surface area contributed by atoms with Gasteiger partial charge in [0.05, 0.1) is 6.04 Å². The summed E-state index contributed by atoms with van der Waals surface area (Å²) in [5.41, 5.74) is 2.62. The highest BCUT2D eigenvalue weighted by molar-refractivity contribution is 6.30. The highest BCUT2D eigenvalue weighted by Crippen LogP contribution is 2.32. The van der Waals surface area contributed by atoms with E-state index in [2.05, 4.69) is 62.1 Å². The summed E-state index contributed by atoms with van der Waals surface area (Å²) in [5.74, 6) is 1.86. The lowest BCUT2D eigenvalue weighted by molar-refractivity contribution is 0.111. The molecule has 31 heavy (non-hydrogen) atoms. The minimum Gasteiger partial charge on any atom is -0.469 e. The first-order chi connectivity index (χ1) is 15.3. The van der Waals surface area contributed by atoms with E-state index in [1.165, 1.54) is 11.1 Å². The summed E-state index contributed by atoms with van der Waals surface area (Å²) in [7, 11) is 0. The van der Waals surface area contributed by atoms with Crippen molar-refractivity contribution in [2.45, 2.75) is 6.04 Å². The van der Waals surface area contributed by atoms with E-state index in [0.717, 1.165) is 55.9 Å². The van der Waals surface area contributed by atoms with Crippen molar-refractivity contribution in [1.29, 1.82) is 0 Å². The molecule has 6 heteroatoms. The number of anilines is 1. The van der Waals surface area contributed by atoms with Crippen LogP contribution < -0.4 is 9.64 Å². The zero-order valence-corrected chi connectivity index (χ0v) is 18.3. The standard InChI is InChI=1S/C25H27ClN4O/c26-22-10-8-21(9-11-22)24(20-5-2-1-3-6-20)29-16-13-28(14-17-29)15-18-30-19-31-23-7-4-12-27-25(23)30/h1-12,24H,13-19H2. The van der Waals surface area contributed by atoms with Crippen LogP contribution in [0, 0.1) is 0 Å². The largest absolute Gasteiger partial charge is 0.469 e. The molecule has 2 aliphatic rings. The molecule has 0 bridgehead atoms. The van der Waals surface area contributed by atoms with Gasteiger partial charge in [0.25, 0.3) is 0 Å². The van der Waals surface area contributed by atoms with Gasteiger partial charge in [0.1, 0.15) is 0 Å². The number of hydrogen-bond acceptors (Lipinski definition) is 5. The van der Waals surface area contributed by atoms with Crippen molar-refractivity contribution >= 4 is 17.4 Å². The van der Waals surface area contributed by atoms with Gasteiger partial charge in [-0.3, -0.25) is 9.80 Å². The number of rotatable bonds is 6. The molecule has 0 radical (unpaired) electrons. The fourth-order valence-corrected chi connectivity index (χ4v) is 4.64. The van der Waals surface area contributed by atoms with Crippen LogP contribution in [0.15, 0.2) is 72.9 Å². The lowest BCUT2D eigenvalue weighted by Gasteiger charge is -2.40. The third kappa shape index (κ3) is 4.54. The number of hydrogen-bond donors (Lipinski definition) is 0. The average Bonchev–Trinajstić information content (AvgIpc) is 3.24. The molecule has 1 saturated heterocycles. The number of halogens is 1. The second kappa shape index (κ2) is 9.27. The SMILES string of the molecule is Clc1ccc(C(c2ccccc2)N2CCN(CCN3COc4cccnc43)CC2)cc1. The highest BCUT2D eigenvalue weighted by atomic mass is 35.5. The molecule has 0 amide bonds. The van der Waals surface area contributed by atoms with E-state index in [4.69, 9.17) is 16.3 Å². The van der Waals surface area contributed by atoms with Crippen molar-refractivity contribution < 1.29 is 4.74 Å². The Balaban J connectivity index is 1.22. The first-order valence-corrected chi connectivity index (χ1v) is 11.3. The Kier molecular flexibility index (Phi) is 6.07. The van der Waals surface area contributed by atoms with Gasteiger partial charge in [-0.05, 0) is 35.4 Å². The summed E-state index contributed by atoms with van der Waals surface area (Å²) < 4.78 is 5.73. The van der Waals surface area contributed by atoms with E-state index < -0.39 is 0 Å². The van der Waals surface area contributed by atoms with Crippen LogP contribution in [-0.2, 0) is 0 Å². The highest BCUT2D eigenvalue weighted by Gasteiger charge is 2.27. The molecular weight excluding hydrogens is 408 g/mol. The van der Waals surface area contributed by atoms with E-state index in [-0.39, 0.29) is 6.04 Å². The summed E-state index contributed by atoms with van der Waals surface area (Å²) in [4.78, 5) is 11.8. The van der Waals surface area contributed by atoms with E-state index >= 15 is 0 Å². The Labute approximate surface area is 188 Å². The van der Waals surface area contributed by atoms with Crippen LogP contribution in [0.3, 0.4) is 0 Å².